The Bertz CT molecular complexity index is 2920. The number of aromatic nitrogens is 3. The normalized spacial score (nSPS) is 12.3. The van der Waals surface area contributed by atoms with Gasteiger partial charge in [0.05, 0.1) is 0 Å². The lowest BCUT2D eigenvalue weighted by Gasteiger charge is -2.14. The molecule has 0 fully saturated rings. The van der Waals surface area contributed by atoms with Crippen molar-refractivity contribution in [2.45, 2.75) is 0 Å². The smallest absolute Gasteiger partial charge is 0.164 e. The van der Waals surface area contributed by atoms with Gasteiger partial charge in [-0.15, -0.1) is 11.3 Å². The minimum absolute atomic E-state index is 0.652. The molecular formula is C41H21N3OS. The second-order valence-corrected chi connectivity index (χ2v) is 13.0. The fourth-order valence-electron chi connectivity index (χ4n) is 7.42. The number of thiophene rings is 1. The molecule has 1 aliphatic rings. The van der Waals surface area contributed by atoms with Gasteiger partial charge in [0, 0.05) is 58.6 Å². The molecule has 3 heterocycles. The van der Waals surface area contributed by atoms with E-state index in [1.54, 1.807) is 0 Å². The molecule has 3 aromatic heterocycles. The highest BCUT2D eigenvalue weighted by atomic mass is 32.1. The first kappa shape index (κ1) is 24.4. The zero-order valence-electron chi connectivity index (χ0n) is 24.3. The molecule has 0 amide bonds. The minimum atomic E-state index is 0.652. The maximum absolute atomic E-state index is 6.49. The highest BCUT2D eigenvalue weighted by Gasteiger charge is 2.27. The monoisotopic (exact) mass is 603 g/mol. The van der Waals surface area contributed by atoms with Gasteiger partial charge < -0.3 is 4.42 Å². The molecule has 10 aromatic rings. The zero-order chi connectivity index (χ0) is 29.9. The summed E-state index contributed by atoms with van der Waals surface area (Å²) in [6.07, 6.45) is 0. The van der Waals surface area contributed by atoms with E-state index in [0.29, 0.717) is 17.5 Å². The third kappa shape index (κ3) is 3.24. The summed E-state index contributed by atoms with van der Waals surface area (Å²) in [5.74, 6) is 1.96. The third-order valence-corrected chi connectivity index (χ3v) is 10.5. The number of fused-ring (bicyclic) bond motifs is 2. The van der Waals surface area contributed by atoms with Gasteiger partial charge in [-0.25, -0.2) is 15.0 Å². The molecule has 0 aliphatic heterocycles. The van der Waals surface area contributed by atoms with Crippen molar-refractivity contribution >= 4 is 75.0 Å². The van der Waals surface area contributed by atoms with Crippen LogP contribution in [0, 0.1) is 0 Å². The summed E-state index contributed by atoms with van der Waals surface area (Å²) in [7, 11) is 0. The van der Waals surface area contributed by atoms with Gasteiger partial charge in [-0.05, 0) is 58.1 Å². The van der Waals surface area contributed by atoms with Crippen molar-refractivity contribution < 1.29 is 4.42 Å². The highest BCUT2D eigenvalue weighted by molar-refractivity contribution is 7.26. The Balaban J connectivity index is 1.28. The average Bonchev–Trinajstić information content (AvgIpc) is 3.66. The van der Waals surface area contributed by atoms with Gasteiger partial charge in [-0.3, -0.25) is 0 Å². The van der Waals surface area contributed by atoms with E-state index in [2.05, 4.69) is 109 Å². The topological polar surface area (TPSA) is 51.8 Å². The van der Waals surface area contributed by atoms with Crippen LogP contribution >= 0.6 is 11.3 Å². The van der Waals surface area contributed by atoms with Crippen LogP contribution < -0.4 is 0 Å². The maximum atomic E-state index is 6.49. The number of hydrogen-bond donors (Lipinski definition) is 0. The van der Waals surface area contributed by atoms with Crippen LogP contribution in [-0.4, -0.2) is 15.0 Å². The first-order valence-electron chi connectivity index (χ1n) is 15.4. The summed E-state index contributed by atoms with van der Waals surface area (Å²) in [5, 5.41) is 9.70. The summed E-state index contributed by atoms with van der Waals surface area (Å²) >= 11 is 1.84. The van der Waals surface area contributed by atoms with Crippen molar-refractivity contribution in [1.82, 2.24) is 15.0 Å². The van der Waals surface area contributed by atoms with Crippen LogP contribution in [0.4, 0.5) is 0 Å². The SMILES string of the molecule is c1ccc(-c2nc(-c3ccc4ccccc4c3)nc(-c3ccc4sc5ccc6ccc7oc8cccc9c8c7c6c5c4c3-9)n2)cc1. The molecule has 0 radical (unpaired) electrons. The number of furan rings is 1. The zero-order valence-corrected chi connectivity index (χ0v) is 25.1. The second kappa shape index (κ2) is 8.84. The van der Waals surface area contributed by atoms with Crippen LogP contribution in [0.25, 0.3) is 109 Å². The molecule has 4 nitrogen and oxygen atoms in total. The van der Waals surface area contributed by atoms with Crippen LogP contribution in [0.2, 0.25) is 0 Å². The molecule has 0 spiro atoms. The molecule has 0 atom stereocenters. The quantitative estimate of drug-likeness (QED) is 0.202. The number of nitrogens with zero attached hydrogens (tertiary/aromatic N) is 3. The summed E-state index contributed by atoms with van der Waals surface area (Å²) in [5.41, 5.74) is 7.01. The fraction of sp³-hybridized carbons (Fsp3) is 0. The van der Waals surface area contributed by atoms with Gasteiger partial charge in [0.25, 0.3) is 0 Å². The van der Waals surface area contributed by atoms with Crippen molar-refractivity contribution in [3.8, 4) is 45.3 Å². The minimum Gasteiger partial charge on any atom is -0.456 e. The highest BCUT2D eigenvalue weighted by Crippen LogP contribution is 2.53. The van der Waals surface area contributed by atoms with E-state index < -0.39 is 0 Å². The lowest BCUT2D eigenvalue weighted by Crippen LogP contribution is -2.01. The van der Waals surface area contributed by atoms with Crippen molar-refractivity contribution in [2.75, 3.05) is 0 Å². The molecule has 0 bridgehead atoms. The van der Waals surface area contributed by atoms with Crippen molar-refractivity contribution in [3.05, 3.63) is 127 Å². The molecule has 0 N–H and O–H groups in total. The van der Waals surface area contributed by atoms with Crippen molar-refractivity contribution in [3.63, 3.8) is 0 Å². The molecule has 46 heavy (non-hydrogen) atoms. The molecule has 11 rings (SSSR count). The maximum Gasteiger partial charge on any atom is 0.164 e. The molecule has 1 aliphatic carbocycles. The van der Waals surface area contributed by atoms with Gasteiger partial charge in [0.2, 0.25) is 0 Å². The van der Waals surface area contributed by atoms with Crippen LogP contribution in [0.3, 0.4) is 0 Å². The third-order valence-electron chi connectivity index (χ3n) is 9.43. The van der Waals surface area contributed by atoms with Gasteiger partial charge in [-0.2, -0.15) is 0 Å². The second-order valence-electron chi connectivity index (χ2n) is 12.0. The predicted molar refractivity (Wildman–Crippen MR) is 190 cm³/mol. The van der Waals surface area contributed by atoms with E-state index in [9.17, 15) is 0 Å². The molecule has 5 heteroatoms. The van der Waals surface area contributed by atoms with Gasteiger partial charge in [0.15, 0.2) is 17.5 Å². The van der Waals surface area contributed by atoms with Crippen LogP contribution in [-0.2, 0) is 0 Å². The lowest BCUT2D eigenvalue weighted by molar-refractivity contribution is 0.669. The molecule has 0 saturated carbocycles. The van der Waals surface area contributed by atoms with Crippen molar-refractivity contribution in [2.24, 2.45) is 0 Å². The van der Waals surface area contributed by atoms with E-state index in [4.69, 9.17) is 19.4 Å². The molecule has 0 unspecified atom stereocenters. The van der Waals surface area contributed by atoms with Gasteiger partial charge in [0.1, 0.15) is 11.2 Å². The Kier molecular flexibility index (Phi) is 4.69. The van der Waals surface area contributed by atoms with Crippen molar-refractivity contribution in [1.29, 1.82) is 0 Å². The summed E-state index contributed by atoms with van der Waals surface area (Å²) in [6.45, 7) is 0. The Hall–Kier alpha value is -5.91. The largest absolute Gasteiger partial charge is 0.456 e. The number of benzene rings is 7. The molecule has 0 saturated heterocycles. The lowest BCUT2D eigenvalue weighted by atomic mass is 9.93. The van der Waals surface area contributed by atoms with E-state index in [1.165, 1.54) is 41.7 Å². The summed E-state index contributed by atoms with van der Waals surface area (Å²) in [6, 6.07) is 44.7. The Morgan fingerprint density at radius 3 is 2.04 bits per heavy atom. The fourth-order valence-corrected chi connectivity index (χ4v) is 8.54. The van der Waals surface area contributed by atoms with E-state index in [-0.39, 0.29) is 0 Å². The van der Waals surface area contributed by atoms with E-state index in [1.807, 2.05) is 29.5 Å². The number of rotatable bonds is 3. The van der Waals surface area contributed by atoms with Gasteiger partial charge in [-0.1, -0.05) is 91.0 Å². The first-order chi connectivity index (χ1) is 22.8. The van der Waals surface area contributed by atoms with Gasteiger partial charge >= 0.3 is 0 Å². The van der Waals surface area contributed by atoms with E-state index >= 15 is 0 Å². The van der Waals surface area contributed by atoms with Crippen LogP contribution in [0.5, 0.6) is 0 Å². The average molecular weight is 604 g/mol. The number of hydrogen-bond acceptors (Lipinski definition) is 5. The Morgan fingerprint density at radius 1 is 0.413 bits per heavy atom. The summed E-state index contributed by atoms with van der Waals surface area (Å²) in [4.78, 5) is 15.5. The summed E-state index contributed by atoms with van der Waals surface area (Å²) < 4.78 is 9.01. The predicted octanol–water partition coefficient (Wildman–Crippen LogP) is 11.4. The standard InChI is InChI=1S/C41H21N3OS/c1-2-8-24(9-3-1)39-42-40(26-14-13-22-7-4-5-10-25(22)21-26)44-41(43-39)28-17-20-32-38-34(28)27-11-6-12-29-35(27)36-30(45-29)18-15-23-16-19-31(46-32)37(38)33(23)36/h1-21H. The molecular weight excluding hydrogens is 583 g/mol. The van der Waals surface area contributed by atoms with Crippen LogP contribution in [0.15, 0.2) is 132 Å². The Morgan fingerprint density at radius 2 is 1.13 bits per heavy atom. The molecule has 212 valence electrons. The Labute approximate surface area is 266 Å². The molecule has 7 aromatic carbocycles. The van der Waals surface area contributed by atoms with E-state index in [0.717, 1.165) is 49.8 Å². The first-order valence-corrected chi connectivity index (χ1v) is 16.2. The van der Waals surface area contributed by atoms with Crippen LogP contribution in [0.1, 0.15) is 0 Å².